The molecular weight excluding hydrogens is 493 g/mol. The first-order valence-corrected chi connectivity index (χ1v) is 11.6. The molecule has 0 aromatic heterocycles. The summed E-state index contributed by atoms with van der Waals surface area (Å²) in [5.74, 6) is 2.55. The molecular formula is C22H42IN5O2. The van der Waals surface area contributed by atoms with Gasteiger partial charge in [0.1, 0.15) is 0 Å². The average Bonchev–Trinajstić information content (AvgIpc) is 3.52. The van der Waals surface area contributed by atoms with Gasteiger partial charge < -0.3 is 20.4 Å². The molecule has 7 nitrogen and oxygen atoms in total. The molecule has 174 valence electrons. The molecule has 1 aliphatic carbocycles. The highest BCUT2D eigenvalue weighted by Gasteiger charge is 2.24. The lowest BCUT2D eigenvalue weighted by atomic mass is 10.1. The first kappa shape index (κ1) is 27.0. The van der Waals surface area contributed by atoms with E-state index in [0.29, 0.717) is 44.9 Å². The summed E-state index contributed by atoms with van der Waals surface area (Å²) in [6, 6.07) is 0. The minimum Gasteiger partial charge on any atom is -0.357 e. The molecule has 2 amide bonds. The zero-order chi connectivity index (χ0) is 21.1. The van der Waals surface area contributed by atoms with Gasteiger partial charge in [0.15, 0.2) is 5.96 Å². The lowest BCUT2D eigenvalue weighted by Gasteiger charge is -2.35. The minimum absolute atomic E-state index is 0. The van der Waals surface area contributed by atoms with Crippen LogP contribution in [0, 0.1) is 11.8 Å². The number of nitrogens with one attached hydrogen (secondary N) is 2. The van der Waals surface area contributed by atoms with Crippen LogP contribution in [0.15, 0.2) is 4.99 Å². The number of guanidine groups is 1. The fourth-order valence-corrected chi connectivity index (χ4v) is 3.49. The van der Waals surface area contributed by atoms with Crippen LogP contribution < -0.4 is 10.6 Å². The third kappa shape index (κ3) is 10.8. The SMILES string of the molecule is CCNC(=NCC1CC1)NCCCCCC(=O)N1CCN(C(=O)CC(C)C)CC1.I. The topological polar surface area (TPSA) is 77.0 Å². The van der Waals surface area contributed by atoms with E-state index in [0.717, 1.165) is 50.8 Å². The second-order valence-electron chi connectivity index (χ2n) is 8.76. The molecule has 0 bridgehead atoms. The summed E-state index contributed by atoms with van der Waals surface area (Å²) in [4.78, 5) is 33.0. The third-order valence-corrected chi connectivity index (χ3v) is 5.48. The standard InChI is InChI=1S/C22H41N5O2.HI/c1-4-23-22(25-17-19-9-10-19)24-11-7-5-6-8-20(28)26-12-14-27(15-13-26)21(29)16-18(2)3;/h18-19H,4-17H2,1-3H3,(H2,23,24,25);1H. The number of rotatable bonds is 11. The van der Waals surface area contributed by atoms with Crippen molar-refractivity contribution in [3.63, 3.8) is 0 Å². The largest absolute Gasteiger partial charge is 0.357 e. The Balaban J connectivity index is 0.00000450. The number of aliphatic imine (C=N–C) groups is 1. The van der Waals surface area contributed by atoms with Crippen LogP contribution in [0.2, 0.25) is 0 Å². The number of halogens is 1. The van der Waals surface area contributed by atoms with E-state index in [4.69, 9.17) is 0 Å². The fraction of sp³-hybridized carbons (Fsp3) is 0.864. The molecule has 0 aromatic rings. The highest BCUT2D eigenvalue weighted by Crippen LogP contribution is 2.28. The Kier molecular flexibility index (Phi) is 13.4. The number of nitrogens with zero attached hydrogens (tertiary/aromatic N) is 3. The number of piperazine rings is 1. The van der Waals surface area contributed by atoms with Gasteiger partial charge in [0.2, 0.25) is 11.8 Å². The Morgan fingerprint density at radius 1 is 0.967 bits per heavy atom. The Hall–Kier alpha value is -1.06. The van der Waals surface area contributed by atoms with Crippen molar-refractivity contribution in [1.29, 1.82) is 0 Å². The van der Waals surface area contributed by atoms with E-state index < -0.39 is 0 Å². The average molecular weight is 536 g/mol. The molecule has 0 spiro atoms. The minimum atomic E-state index is 0. The number of amides is 2. The highest BCUT2D eigenvalue weighted by atomic mass is 127. The quantitative estimate of drug-likeness (QED) is 0.185. The second-order valence-corrected chi connectivity index (χ2v) is 8.76. The molecule has 0 atom stereocenters. The van der Waals surface area contributed by atoms with Gasteiger partial charge in [-0.3, -0.25) is 14.6 Å². The van der Waals surface area contributed by atoms with Gasteiger partial charge in [-0.25, -0.2) is 0 Å². The first-order valence-electron chi connectivity index (χ1n) is 11.6. The van der Waals surface area contributed by atoms with E-state index in [1.54, 1.807) is 0 Å². The zero-order valence-electron chi connectivity index (χ0n) is 19.1. The van der Waals surface area contributed by atoms with Gasteiger partial charge in [0.05, 0.1) is 0 Å². The van der Waals surface area contributed by atoms with Crippen LogP contribution in [0.5, 0.6) is 0 Å². The summed E-state index contributed by atoms with van der Waals surface area (Å²) in [5.41, 5.74) is 0. The van der Waals surface area contributed by atoms with E-state index in [2.05, 4.69) is 36.4 Å². The van der Waals surface area contributed by atoms with Crippen LogP contribution in [-0.2, 0) is 9.59 Å². The van der Waals surface area contributed by atoms with E-state index >= 15 is 0 Å². The summed E-state index contributed by atoms with van der Waals surface area (Å²) >= 11 is 0. The number of carbonyl (C=O) groups is 2. The maximum Gasteiger partial charge on any atom is 0.222 e. The van der Waals surface area contributed by atoms with Crippen molar-refractivity contribution < 1.29 is 9.59 Å². The number of carbonyl (C=O) groups excluding carboxylic acids is 2. The van der Waals surface area contributed by atoms with Crippen LogP contribution in [0.1, 0.15) is 65.7 Å². The second kappa shape index (κ2) is 14.9. The highest BCUT2D eigenvalue weighted by molar-refractivity contribution is 14.0. The van der Waals surface area contributed by atoms with E-state index in [1.807, 2.05) is 9.80 Å². The summed E-state index contributed by atoms with van der Waals surface area (Å²) < 4.78 is 0. The van der Waals surface area contributed by atoms with Crippen LogP contribution in [0.4, 0.5) is 0 Å². The molecule has 1 saturated carbocycles. The Morgan fingerprint density at radius 2 is 1.60 bits per heavy atom. The molecule has 8 heteroatoms. The smallest absolute Gasteiger partial charge is 0.222 e. The lowest BCUT2D eigenvalue weighted by molar-refractivity contribution is -0.140. The van der Waals surface area contributed by atoms with Gasteiger partial charge in [-0.2, -0.15) is 0 Å². The van der Waals surface area contributed by atoms with Crippen LogP contribution in [-0.4, -0.2) is 73.4 Å². The molecule has 30 heavy (non-hydrogen) atoms. The predicted octanol–water partition coefficient (Wildman–Crippen LogP) is 2.85. The first-order chi connectivity index (χ1) is 14.0. The van der Waals surface area contributed by atoms with Gasteiger partial charge in [0.25, 0.3) is 0 Å². The van der Waals surface area contributed by atoms with Crippen molar-refractivity contribution in [2.45, 2.75) is 65.7 Å². The van der Waals surface area contributed by atoms with Crippen molar-refractivity contribution in [1.82, 2.24) is 20.4 Å². The van der Waals surface area contributed by atoms with Gasteiger partial charge in [-0.1, -0.05) is 20.3 Å². The maximum atomic E-state index is 12.4. The third-order valence-electron chi connectivity index (χ3n) is 5.48. The van der Waals surface area contributed by atoms with Crippen LogP contribution in [0.3, 0.4) is 0 Å². The molecule has 2 aliphatic rings. The maximum absolute atomic E-state index is 12.4. The molecule has 2 N–H and O–H groups in total. The van der Waals surface area contributed by atoms with Crippen LogP contribution in [0.25, 0.3) is 0 Å². The molecule has 0 unspecified atom stereocenters. The van der Waals surface area contributed by atoms with Crippen molar-refractivity contribution in [2.75, 3.05) is 45.8 Å². The van der Waals surface area contributed by atoms with Crippen LogP contribution >= 0.6 is 24.0 Å². The Labute approximate surface area is 199 Å². The van der Waals surface area contributed by atoms with E-state index in [9.17, 15) is 9.59 Å². The van der Waals surface area contributed by atoms with Gasteiger partial charge in [0, 0.05) is 58.7 Å². The number of hydrogen-bond donors (Lipinski definition) is 2. The van der Waals surface area contributed by atoms with Gasteiger partial charge in [-0.15, -0.1) is 24.0 Å². The van der Waals surface area contributed by atoms with Crippen molar-refractivity contribution in [3.8, 4) is 0 Å². The monoisotopic (exact) mass is 535 g/mol. The molecule has 0 radical (unpaired) electrons. The molecule has 2 rings (SSSR count). The summed E-state index contributed by atoms with van der Waals surface area (Å²) in [6.45, 7) is 11.6. The Morgan fingerprint density at radius 3 is 2.17 bits per heavy atom. The number of hydrogen-bond acceptors (Lipinski definition) is 3. The summed E-state index contributed by atoms with van der Waals surface area (Å²) in [5, 5.41) is 6.68. The molecule has 1 heterocycles. The molecule has 2 fully saturated rings. The van der Waals surface area contributed by atoms with Crippen molar-refractivity contribution in [3.05, 3.63) is 0 Å². The molecule has 0 aromatic carbocycles. The molecule has 1 aliphatic heterocycles. The van der Waals surface area contributed by atoms with Crippen molar-refractivity contribution in [2.24, 2.45) is 16.8 Å². The number of unbranched alkanes of at least 4 members (excludes halogenated alkanes) is 2. The van der Waals surface area contributed by atoms with Gasteiger partial charge in [-0.05, 0) is 44.4 Å². The predicted molar refractivity (Wildman–Crippen MR) is 133 cm³/mol. The van der Waals surface area contributed by atoms with Gasteiger partial charge >= 0.3 is 0 Å². The molecule has 1 saturated heterocycles. The fourth-order valence-electron chi connectivity index (χ4n) is 3.49. The zero-order valence-corrected chi connectivity index (χ0v) is 21.5. The van der Waals surface area contributed by atoms with E-state index in [1.165, 1.54) is 12.8 Å². The Bertz CT molecular complexity index is 544. The summed E-state index contributed by atoms with van der Waals surface area (Å²) in [7, 11) is 0. The van der Waals surface area contributed by atoms with E-state index in [-0.39, 0.29) is 35.8 Å². The van der Waals surface area contributed by atoms with Crippen molar-refractivity contribution >= 4 is 41.8 Å². The summed E-state index contributed by atoms with van der Waals surface area (Å²) in [6.07, 6.45) is 6.84. The normalized spacial score (nSPS) is 17.0. The lowest BCUT2D eigenvalue weighted by Crippen LogP contribution is -2.50.